The van der Waals surface area contributed by atoms with Gasteiger partial charge in [0.05, 0.1) is 19.8 Å². The summed E-state index contributed by atoms with van der Waals surface area (Å²) in [6.07, 6.45) is 1.83. The van der Waals surface area contributed by atoms with Crippen LogP contribution in [0.25, 0.3) is 0 Å². The van der Waals surface area contributed by atoms with Gasteiger partial charge in [-0.1, -0.05) is 47.6 Å². The first kappa shape index (κ1) is 22.1. The Labute approximate surface area is 140 Å². The number of aliphatic hydroxyl groups excluding tert-OH is 1. The van der Waals surface area contributed by atoms with Crippen molar-refractivity contribution in [3.63, 3.8) is 0 Å². The van der Waals surface area contributed by atoms with Crippen molar-refractivity contribution in [2.45, 2.75) is 77.8 Å². The second-order valence-corrected chi connectivity index (χ2v) is 18.8. The predicted molar refractivity (Wildman–Crippen MR) is 101 cm³/mol. The van der Waals surface area contributed by atoms with Crippen LogP contribution in [0.15, 0.2) is 11.6 Å². The van der Waals surface area contributed by atoms with Gasteiger partial charge < -0.3 is 14.0 Å². The lowest BCUT2D eigenvalue weighted by molar-refractivity contribution is 0.267. The van der Waals surface area contributed by atoms with Gasteiger partial charge in [0.1, 0.15) is 0 Å². The molecule has 0 rings (SSSR count). The molecule has 0 aromatic carbocycles. The third-order valence-corrected chi connectivity index (χ3v) is 14.2. The normalized spacial score (nSPS) is 14.1. The molecule has 0 fully saturated rings. The van der Waals surface area contributed by atoms with E-state index in [1.807, 2.05) is 6.08 Å². The molecule has 0 saturated heterocycles. The van der Waals surface area contributed by atoms with Gasteiger partial charge in [-0.15, -0.1) is 0 Å². The molecular formula is C17H38O3Si2. The lowest BCUT2D eigenvalue weighted by atomic mass is 10.2. The van der Waals surface area contributed by atoms with E-state index < -0.39 is 16.6 Å². The molecule has 132 valence electrons. The zero-order chi connectivity index (χ0) is 17.8. The van der Waals surface area contributed by atoms with Crippen molar-refractivity contribution in [1.82, 2.24) is 0 Å². The van der Waals surface area contributed by atoms with Crippen LogP contribution in [0.4, 0.5) is 0 Å². The molecule has 0 saturated carbocycles. The van der Waals surface area contributed by atoms with Gasteiger partial charge in [0.15, 0.2) is 16.6 Å². The fraction of sp³-hybridized carbons (Fsp3) is 0.882. The van der Waals surface area contributed by atoms with Gasteiger partial charge in [-0.25, -0.2) is 0 Å². The lowest BCUT2D eigenvalue weighted by Gasteiger charge is -2.38. The molecule has 0 aromatic rings. The van der Waals surface area contributed by atoms with Gasteiger partial charge in [-0.3, -0.25) is 0 Å². The maximum atomic E-state index is 9.25. The smallest absolute Gasteiger partial charge is 0.192 e. The van der Waals surface area contributed by atoms with Crippen molar-refractivity contribution in [1.29, 1.82) is 0 Å². The van der Waals surface area contributed by atoms with E-state index in [0.29, 0.717) is 13.2 Å². The minimum absolute atomic E-state index is 0.0387. The van der Waals surface area contributed by atoms with Crippen LogP contribution in [0.2, 0.25) is 36.3 Å². The Kier molecular flexibility index (Phi) is 7.77. The highest BCUT2D eigenvalue weighted by Gasteiger charge is 2.38. The van der Waals surface area contributed by atoms with Crippen LogP contribution in [0.5, 0.6) is 0 Å². The monoisotopic (exact) mass is 346 g/mol. The zero-order valence-electron chi connectivity index (χ0n) is 16.5. The molecule has 1 N–H and O–H groups in total. The van der Waals surface area contributed by atoms with Crippen molar-refractivity contribution in [2.24, 2.45) is 0 Å². The first-order valence-corrected chi connectivity index (χ1v) is 14.0. The third-order valence-electron chi connectivity index (χ3n) is 5.23. The second-order valence-electron chi connectivity index (χ2n) is 9.14. The van der Waals surface area contributed by atoms with Gasteiger partial charge >= 0.3 is 0 Å². The quantitative estimate of drug-likeness (QED) is 0.523. The highest BCUT2D eigenvalue weighted by molar-refractivity contribution is 6.74. The fourth-order valence-electron chi connectivity index (χ4n) is 1.27. The molecule has 0 radical (unpaired) electrons. The highest BCUT2D eigenvalue weighted by Crippen LogP contribution is 2.38. The molecular weight excluding hydrogens is 308 g/mol. The van der Waals surface area contributed by atoms with Crippen LogP contribution in [0, 0.1) is 0 Å². The maximum absolute atomic E-state index is 9.25. The Hall–Kier alpha value is 0.0538. The van der Waals surface area contributed by atoms with E-state index in [0.717, 1.165) is 5.57 Å². The van der Waals surface area contributed by atoms with Gasteiger partial charge in [0.2, 0.25) is 0 Å². The van der Waals surface area contributed by atoms with Crippen LogP contribution >= 0.6 is 0 Å². The molecule has 0 aliphatic carbocycles. The summed E-state index contributed by atoms with van der Waals surface area (Å²) in [5, 5.41) is 9.63. The SMILES string of the molecule is CC(C)(C)[Si](C)(C)OCC(=CCO)CO[Si](C)(C)C(C)(C)C. The first-order valence-electron chi connectivity index (χ1n) is 8.21. The van der Waals surface area contributed by atoms with Crippen LogP contribution in [-0.2, 0) is 8.85 Å². The van der Waals surface area contributed by atoms with Crippen molar-refractivity contribution in [3.8, 4) is 0 Å². The van der Waals surface area contributed by atoms with Gasteiger partial charge in [0, 0.05) is 0 Å². The molecule has 0 spiro atoms. The highest BCUT2D eigenvalue weighted by atomic mass is 28.4. The molecule has 5 heteroatoms. The first-order chi connectivity index (χ1) is 9.64. The van der Waals surface area contributed by atoms with Crippen molar-refractivity contribution in [3.05, 3.63) is 11.6 Å². The molecule has 0 aromatic heterocycles. The minimum atomic E-state index is -1.77. The summed E-state index contributed by atoms with van der Waals surface area (Å²) in [5.74, 6) is 0. The van der Waals surface area contributed by atoms with E-state index in [4.69, 9.17) is 8.85 Å². The molecule has 0 atom stereocenters. The van der Waals surface area contributed by atoms with E-state index in [1.54, 1.807) is 0 Å². The number of hydrogen-bond acceptors (Lipinski definition) is 3. The molecule has 0 unspecified atom stereocenters. The minimum Gasteiger partial charge on any atom is -0.413 e. The average Bonchev–Trinajstić information content (AvgIpc) is 2.30. The van der Waals surface area contributed by atoms with E-state index in [9.17, 15) is 5.11 Å². The van der Waals surface area contributed by atoms with Crippen LogP contribution < -0.4 is 0 Å². The summed E-state index contributed by atoms with van der Waals surface area (Å²) in [5.41, 5.74) is 1.05. The van der Waals surface area contributed by atoms with E-state index in [1.165, 1.54) is 0 Å². The fourth-order valence-corrected chi connectivity index (χ4v) is 3.23. The summed E-state index contributed by atoms with van der Waals surface area (Å²) in [7, 11) is -3.55. The Morgan fingerprint density at radius 3 is 1.36 bits per heavy atom. The number of hydrogen-bond donors (Lipinski definition) is 1. The number of rotatable bonds is 7. The largest absolute Gasteiger partial charge is 0.413 e. The third kappa shape index (κ3) is 6.66. The molecule has 0 aliphatic heterocycles. The standard InChI is InChI=1S/C17H38O3Si2/c1-16(2,3)21(7,8)19-13-15(11-12-18)14-20-22(9,10)17(4,5)6/h11,18H,12-14H2,1-10H3. The summed E-state index contributed by atoms with van der Waals surface area (Å²) >= 11 is 0. The van der Waals surface area contributed by atoms with Crippen LogP contribution in [-0.4, -0.2) is 41.6 Å². The Balaban J connectivity index is 4.76. The number of aliphatic hydroxyl groups is 1. The van der Waals surface area contributed by atoms with Gasteiger partial charge in [0.25, 0.3) is 0 Å². The van der Waals surface area contributed by atoms with Crippen molar-refractivity contribution < 1.29 is 14.0 Å². The van der Waals surface area contributed by atoms with Gasteiger partial charge in [-0.05, 0) is 41.8 Å². The molecule has 22 heavy (non-hydrogen) atoms. The molecule has 0 heterocycles. The van der Waals surface area contributed by atoms with E-state index in [2.05, 4.69) is 67.7 Å². The van der Waals surface area contributed by atoms with Crippen molar-refractivity contribution >= 4 is 16.6 Å². The predicted octanol–water partition coefficient (Wildman–Crippen LogP) is 4.95. The van der Waals surface area contributed by atoms with Gasteiger partial charge in [-0.2, -0.15) is 0 Å². The summed E-state index contributed by atoms with van der Waals surface area (Å²) < 4.78 is 12.5. The van der Waals surface area contributed by atoms with E-state index in [-0.39, 0.29) is 16.7 Å². The summed E-state index contributed by atoms with van der Waals surface area (Å²) in [6.45, 7) is 23.6. The second kappa shape index (κ2) is 7.75. The average molecular weight is 347 g/mol. The Morgan fingerprint density at radius 1 is 0.818 bits per heavy atom. The summed E-state index contributed by atoms with van der Waals surface area (Å²) in [4.78, 5) is 0. The topological polar surface area (TPSA) is 38.7 Å². The Bertz CT molecular complexity index is 342. The van der Waals surface area contributed by atoms with Crippen LogP contribution in [0.3, 0.4) is 0 Å². The lowest BCUT2D eigenvalue weighted by Crippen LogP contribution is -2.43. The molecule has 0 amide bonds. The molecule has 0 aliphatic rings. The molecule has 0 bridgehead atoms. The van der Waals surface area contributed by atoms with E-state index >= 15 is 0 Å². The Morgan fingerprint density at radius 2 is 1.14 bits per heavy atom. The van der Waals surface area contributed by atoms with Crippen molar-refractivity contribution in [2.75, 3.05) is 19.8 Å². The molecule has 3 nitrogen and oxygen atoms in total. The maximum Gasteiger partial charge on any atom is 0.192 e. The van der Waals surface area contributed by atoms with Crippen LogP contribution in [0.1, 0.15) is 41.5 Å². The summed E-state index contributed by atoms with van der Waals surface area (Å²) in [6, 6.07) is 0. The zero-order valence-corrected chi connectivity index (χ0v) is 18.5.